The number of nitrogens with two attached hydrogens (primary N) is 1. The quantitative estimate of drug-likeness (QED) is 0.845. The summed E-state index contributed by atoms with van der Waals surface area (Å²) < 4.78 is 0. The van der Waals surface area contributed by atoms with Crippen molar-refractivity contribution < 1.29 is 0 Å². The zero-order chi connectivity index (χ0) is 12.1. The molecule has 1 heterocycles. The van der Waals surface area contributed by atoms with Gasteiger partial charge in [-0.05, 0) is 50.3 Å². The van der Waals surface area contributed by atoms with Crippen LogP contribution in [0.25, 0.3) is 0 Å². The molecule has 1 aromatic rings. The molecule has 1 aliphatic carbocycles. The van der Waals surface area contributed by atoms with Crippen LogP contribution in [0.5, 0.6) is 0 Å². The third kappa shape index (κ3) is 4.09. The lowest BCUT2D eigenvalue weighted by molar-refractivity contribution is 0.310. The maximum Gasteiger partial charge on any atom is 0.0299 e. The summed E-state index contributed by atoms with van der Waals surface area (Å²) in [5, 5.41) is 3.58. The van der Waals surface area contributed by atoms with Gasteiger partial charge in [0, 0.05) is 22.3 Å². The minimum atomic E-state index is 0.448. The average Bonchev–Trinajstić information content (AvgIpc) is 2.77. The molecule has 96 valence electrons. The highest BCUT2D eigenvalue weighted by Crippen LogP contribution is 2.22. The molecule has 2 unspecified atom stereocenters. The Balaban J connectivity index is 1.68. The third-order valence-electron chi connectivity index (χ3n) is 3.62. The number of aryl methyl sites for hydroxylation is 1. The maximum atomic E-state index is 6.00. The van der Waals surface area contributed by atoms with Crippen LogP contribution in [0.1, 0.15) is 42.4 Å². The van der Waals surface area contributed by atoms with E-state index in [9.17, 15) is 0 Å². The van der Waals surface area contributed by atoms with Crippen molar-refractivity contribution >= 4 is 11.3 Å². The lowest BCUT2D eigenvalue weighted by atomic mass is 9.86. The van der Waals surface area contributed by atoms with Crippen molar-refractivity contribution in [3.63, 3.8) is 0 Å². The molecule has 1 aromatic heterocycles. The highest BCUT2D eigenvalue weighted by atomic mass is 32.1. The van der Waals surface area contributed by atoms with Crippen LogP contribution < -0.4 is 11.1 Å². The first-order valence-electron chi connectivity index (χ1n) is 6.81. The number of hydrogen-bond acceptors (Lipinski definition) is 3. The second-order valence-corrected chi connectivity index (χ2v) is 6.40. The van der Waals surface area contributed by atoms with Crippen LogP contribution in [0.15, 0.2) is 12.1 Å². The Morgan fingerprint density at radius 2 is 2.18 bits per heavy atom. The molecule has 1 aliphatic rings. The molecule has 3 heteroatoms. The fraction of sp³-hybridized carbons (Fsp3) is 0.714. The molecule has 0 spiro atoms. The number of thiophene rings is 1. The monoisotopic (exact) mass is 252 g/mol. The molecule has 2 nitrogen and oxygen atoms in total. The van der Waals surface area contributed by atoms with Crippen molar-refractivity contribution in [2.45, 2.75) is 51.6 Å². The van der Waals surface area contributed by atoms with Crippen molar-refractivity contribution in [1.82, 2.24) is 5.32 Å². The van der Waals surface area contributed by atoms with Crippen LogP contribution in [0.3, 0.4) is 0 Å². The molecule has 0 saturated heterocycles. The first kappa shape index (κ1) is 13.1. The Morgan fingerprint density at radius 1 is 1.35 bits per heavy atom. The van der Waals surface area contributed by atoms with Crippen molar-refractivity contribution in [3.8, 4) is 0 Å². The van der Waals surface area contributed by atoms with Crippen LogP contribution in [-0.4, -0.2) is 12.6 Å². The molecule has 1 fully saturated rings. The lowest BCUT2D eigenvalue weighted by Gasteiger charge is -2.26. The van der Waals surface area contributed by atoms with Crippen LogP contribution in [0.2, 0.25) is 0 Å². The summed E-state index contributed by atoms with van der Waals surface area (Å²) in [6.45, 7) is 4.37. The van der Waals surface area contributed by atoms with Gasteiger partial charge in [0.1, 0.15) is 0 Å². The van der Waals surface area contributed by atoms with Crippen LogP contribution in [-0.2, 0) is 13.0 Å². The van der Waals surface area contributed by atoms with Gasteiger partial charge in [-0.3, -0.25) is 0 Å². The van der Waals surface area contributed by atoms with Crippen LogP contribution >= 0.6 is 11.3 Å². The first-order chi connectivity index (χ1) is 8.28. The maximum absolute atomic E-state index is 6.00. The molecular weight excluding hydrogens is 228 g/mol. The summed E-state index contributed by atoms with van der Waals surface area (Å²) in [5.41, 5.74) is 6.00. The molecule has 0 aromatic carbocycles. The SMILES string of the molecule is CCc1ccc(CNCC2CCCC(N)C2)s1. The topological polar surface area (TPSA) is 38.0 Å². The van der Waals surface area contributed by atoms with Gasteiger partial charge in [-0.1, -0.05) is 13.3 Å². The fourth-order valence-corrected chi connectivity index (χ4v) is 3.55. The van der Waals surface area contributed by atoms with Gasteiger partial charge in [-0.2, -0.15) is 0 Å². The highest BCUT2D eigenvalue weighted by Gasteiger charge is 2.18. The Kier molecular flexibility index (Phi) is 5.01. The molecule has 17 heavy (non-hydrogen) atoms. The van der Waals surface area contributed by atoms with E-state index in [4.69, 9.17) is 5.73 Å². The highest BCUT2D eigenvalue weighted by molar-refractivity contribution is 7.11. The largest absolute Gasteiger partial charge is 0.328 e. The second-order valence-electron chi connectivity index (χ2n) is 5.15. The summed E-state index contributed by atoms with van der Waals surface area (Å²) in [4.78, 5) is 2.95. The van der Waals surface area contributed by atoms with Crippen molar-refractivity contribution in [2.75, 3.05) is 6.54 Å². The van der Waals surface area contributed by atoms with Gasteiger partial charge in [0.2, 0.25) is 0 Å². The Labute approximate surface area is 109 Å². The van der Waals surface area contributed by atoms with E-state index in [0.717, 1.165) is 25.4 Å². The van der Waals surface area contributed by atoms with Crippen LogP contribution in [0, 0.1) is 5.92 Å². The van der Waals surface area contributed by atoms with Gasteiger partial charge >= 0.3 is 0 Å². The van der Waals surface area contributed by atoms with E-state index in [1.54, 1.807) is 0 Å². The van der Waals surface area contributed by atoms with Crippen molar-refractivity contribution in [3.05, 3.63) is 21.9 Å². The molecule has 2 rings (SSSR count). The summed E-state index contributed by atoms with van der Waals surface area (Å²) in [6.07, 6.45) is 6.25. The van der Waals surface area contributed by atoms with Crippen LogP contribution in [0.4, 0.5) is 0 Å². The second kappa shape index (κ2) is 6.53. The predicted molar refractivity (Wildman–Crippen MR) is 75.3 cm³/mol. The lowest BCUT2D eigenvalue weighted by Crippen LogP contribution is -2.33. The van der Waals surface area contributed by atoms with E-state index in [2.05, 4.69) is 24.4 Å². The third-order valence-corrected chi connectivity index (χ3v) is 4.85. The molecule has 0 radical (unpaired) electrons. The smallest absolute Gasteiger partial charge is 0.0299 e. The van der Waals surface area contributed by atoms with E-state index < -0.39 is 0 Å². The van der Waals surface area contributed by atoms with Gasteiger partial charge in [0.15, 0.2) is 0 Å². The molecule has 0 amide bonds. The summed E-state index contributed by atoms with van der Waals surface area (Å²) in [5.74, 6) is 0.796. The minimum absolute atomic E-state index is 0.448. The van der Waals surface area contributed by atoms with Gasteiger partial charge in [-0.25, -0.2) is 0 Å². The molecule has 2 atom stereocenters. The molecule has 0 bridgehead atoms. The summed E-state index contributed by atoms with van der Waals surface area (Å²) in [6, 6.07) is 4.95. The molecular formula is C14H24N2S. The molecule has 0 aliphatic heterocycles. The van der Waals surface area contributed by atoms with Crippen molar-refractivity contribution in [1.29, 1.82) is 0 Å². The summed E-state index contributed by atoms with van der Waals surface area (Å²) in [7, 11) is 0. The van der Waals surface area contributed by atoms with Gasteiger partial charge in [0.05, 0.1) is 0 Å². The standard InChI is InChI=1S/C14H24N2S/c1-2-13-6-7-14(17-13)10-16-9-11-4-3-5-12(15)8-11/h6-7,11-12,16H,2-5,8-10,15H2,1H3. The van der Waals surface area contributed by atoms with Gasteiger partial charge in [0.25, 0.3) is 0 Å². The number of rotatable bonds is 5. The fourth-order valence-electron chi connectivity index (χ4n) is 2.62. The zero-order valence-corrected chi connectivity index (χ0v) is 11.6. The van der Waals surface area contributed by atoms with E-state index in [1.165, 1.54) is 35.4 Å². The molecule has 3 N–H and O–H groups in total. The minimum Gasteiger partial charge on any atom is -0.328 e. The normalized spacial score (nSPS) is 25.1. The molecule has 1 saturated carbocycles. The van der Waals surface area contributed by atoms with E-state index in [-0.39, 0.29) is 0 Å². The Morgan fingerprint density at radius 3 is 2.88 bits per heavy atom. The number of nitrogens with one attached hydrogen (secondary N) is 1. The van der Waals surface area contributed by atoms with E-state index in [1.807, 2.05) is 11.3 Å². The van der Waals surface area contributed by atoms with Gasteiger partial charge in [-0.15, -0.1) is 11.3 Å². The zero-order valence-electron chi connectivity index (χ0n) is 10.7. The Bertz CT molecular complexity index is 335. The Hall–Kier alpha value is -0.380. The van der Waals surface area contributed by atoms with E-state index in [0.29, 0.717) is 6.04 Å². The average molecular weight is 252 g/mol. The first-order valence-corrected chi connectivity index (χ1v) is 7.63. The van der Waals surface area contributed by atoms with Crippen molar-refractivity contribution in [2.24, 2.45) is 11.7 Å². The summed E-state index contributed by atoms with van der Waals surface area (Å²) >= 11 is 1.93. The number of hydrogen-bond donors (Lipinski definition) is 2. The predicted octanol–water partition coefficient (Wildman–Crippen LogP) is 2.92. The van der Waals surface area contributed by atoms with E-state index >= 15 is 0 Å². The van der Waals surface area contributed by atoms with Gasteiger partial charge < -0.3 is 11.1 Å².